The highest BCUT2D eigenvalue weighted by molar-refractivity contribution is 5.96. The molecule has 0 radical (unpaired) electrons. The summed E-state index contributed by atoms with van der Waals surface area (Å²) in [7, 11) is 1.83. The third-order valence-corrected chi connectivity index (χ3v) is 3.19. The predicted octanol–water partition coefficient (Wildman–Crippen LogP) is -1.11. The van der Waals surface area contributed by atoms with E-state index in [4.69, 9.17) is 0 Å². The van der Waals surface area contributed by atoms with Gasteiger partial charge in [0.15, 0.2) is 0 Å². The zero-order valence-electron chi connectivity index (χ0n) is 11.6. The van der Waals surface area contributed by atoms with E-state index in [1.54, 1.807) is 12.1 Å². The molecule has 0 bridgehead atoms. The van der Waals surface area contributed by atoms with Crippen molar-refractivity contribution in [2.45, 2.75) is 12.0 Å². The number of aliphatic hydroxyl groups excluding tert-OH is 3. The molecule has 1 rings (SSSR count). The van der Waals surface area contributed by atoms with Crippen molar-refractivity contribution in [1.29, 1.82) is 0 Å². The predicted molar refractivity (Wildman–Crippen MR) is 75.5 cm³/mol. The number of aliphatic hydroxyl groups is 3. The van der Waals surface area contributed by atoms with Crippen LogP contribution < -0.4 is 10.6 Å². The van der Waals surface area contributed by atoms with Gasteiger partial charge in [-0.3, -0.25) is 4.79 Å². The normalized spacial score (nSPS) is 11.4. The van der Waals surface area contributed by atoms with Gasteiger partial charge in [0, 0.05) is 5.56 Å². The molecule has 112 valence electrons. The molecule has 6 nitrogen and oxygen atoms in total. The van der Waals surface area contributed by atoms with Crippen LogP contribution in [0, 0.1) is 0 Å². The van der Waals surface area contributed by atoms with Gasteiger partial charge in [0.2, 0.25) is 0 Å². The van der Waals surface area contributed by atoms with E-state index in [1.165, 1.54) is 0 Å². The van der Waals surface area contributed by atoms with Crippen LogP contribution in [0.25, 0.3) is 0 Å². The van der Waals surface area contributed by atoms with Gasteiger partial charge in [-0.2, -0.15) is 0 Å². The Morgan fingerprint density at radius 3 is 2.30 bits per heavy atom. The van der Waals surface area contributed by atoms with Gasteiger partial charge in [0.25, 0.3) is 5.91 Å². The first-order valence-electron chi connectivity index (χ1n) is 6.50. The van der Waals surface area contributed by atoms with Crippen LogP contribution in [0.4, 0.5) is 0 Å². The zero-order valence-corrected chi connectivity index (χ0v) is 11.6. The maximum absolute atomic E-state index is 12.3. The molecule has 0 spiro atoms. The van der Waals surface area contributed by atoms with Crippen molar-refractivity contribution in [2.75, 3.05) is 33.4 Å². The fraction of sp³-hybridized carbons (Fsp3) is 0.500. The van der Waals surface area contributed by atoms with Crippen LogP contribution in [0.2, 0.25) is 0 Å². The number of hydrogen-bond donors (Lipinski definition) is 5. The minimum atomic E-state index is -1.41. The van der Waals surface area contributed by atoms with E-state index in [0.717, 1.165) is 12.1 Å². The molecule has 0 saturated carbocycles. The molecule has 0 aliphatic heterocycles. The molecule has 5 N–H and O–H groups in total. The third-order valence-electron chi connectivity index (χ3n) is 3.19. The van der Waals surface area contributed by atoms with Gasteiger partial charge in [-0.1, -0.05) is 18.2 Å². The van der Waals surface area contributed by atoms with E-state index < -0.39 is 31.3 Å². The Kier molecular flexibility index (Phi) is 6.60. The first-order chi connectivity index (χ1) is 9.62. The Morgan fingerprint density at radius 2 is 1.75 bits per heavy atom. The molecular formula is C14H22N2O4. The van der Waals surface area contributed by atoms with E-state index in [-0.39, 0.29) is 0 Å². The summed E-state index contributed by atoms with van der Waals surface area (Å²) in [5.41, 5.74) is -0.0720. The van der Waals surface area contributed by atoms with Crippen molar-refractivity contribution in [3.63, 3.8) is 0 Å². The van der Waals surface area contributed by atoms with Gasteiger partial charge in [0.05, 0.1) is 19.8 Å². The molecule has 0 unspecified atom stereocenters. The number of likely N-dealkylation sites (N-methyl/N-ethyl adjacent to an activating group) is 1. The van der Waals surface area contributed by atoms with Gasteiger partial charge in [-0.15, -0.1) is 0 Å². The van der Waals surface area contributed by atoms with Crippen molar-refractivity contribution in [3.8, 4) is 0 Å². The largest absolute Gasteiger partial charge is 0.394 e. The smallest absolute Gasteiger partial charge is 0.252 e. The maximum atomic E-state index is 12.3. The molecule has 0 heterocycles. The maximum Gasteiger partial charge on any atom is 0.252 e. The first kappa shape index (κ1) is 16.6. The van der Waals surface area contributed by atoms with Crippen molar-refractivity contribution in [2.24, 2.45) is 0 Å². The highest BCUT2D eigenvalue weighted by Gasteiger charge is 2.30. The van der Waals surface area contributed by atoms with Crippen LogP contribution >= 0.6 is 0 Å². The molecule has 1 amide bonds. The number of amides is 1. The second-order valence-electron chi connectivity index (χ2n) is 4.72. The highest BCUT2D eigenvalue weighted by atomic mass is 16.3. The summed E-state index contributed by atoms with van der Waals surface area (Å²) in [6.07, 6.45) is 0.685. The summed E-state index contributed by atoms with van der Waals surface area (Å²) in [5, 5.41) is 33.2. The molecule has 1 aromatic carbocycles. The summed E-state index contributed by atoms with van der Waals surface area (Å²) in [6.45, 7) is -0.880. The monoisotopic (exact) mass is 282 g/mol. The second kappa shape index (κ2) is 7.96. The molecule has 1 aromatic rings. The minimum Gasteiger partial charge on any atom is -0.394 e. The molecule has 0 aromatic heterocycles. The molecule has 20 heavy (non-hydrogen) atoms. The van der Waals surface area contributed by atoms with Crippen molar-refractivity contribution < 1.29 is 20.1 Å². The van der Waals surface area contributed by atoms with E-state index in [9.17, 15) is 20.1 Å². The minimum absolute atomic E-state index is 0.422. The van der Waals surface area contributed by atoms with Gasteiger partial charge < -0.3 is 26.0 Å². The lowest BCUT2D eigenvalue weighted by atomic mass is 10.00. The Hall–Kier alpha value is -1.47. The first-order valence-corrected chi connectivity index (χ1v) is 6.50. The van der Waals surface area contributed by atoms with Gasteiger partial charge in [-0.25, -0.2) is 0 Å². The van der Waals surface area contributed by atoms with Crippen molar-refractivity contribution >= 4 is 5.91 Å². The molecule has 0 fully saturated rings. The summed E-state index contributed by atoms with van der Waals surface area (Å²) in [4.78, 5) is 12.3. The Balaban J connectivity index is 2.91. The summed E-state index contributed by atoms with van der Waals surface area (Å²) in [6, 6.07) is 7.12. The Morgan fingerprint density at radius 1 is 1.15 bits per heavy atom. The lowest BCUT2D eigenvalue weighted by Gasteiger charge is -2.29. The van der Waals surface area contributed by atoms with Crippen LogP contribution in [-0.2, 0) is 6.42 Å². The van der Waals surface area contributed by atoms with Crippen LogP contribution in [0.1, 0.15) is 15.9 Å². The van der Waals surface area contributed by atoms with Gasteiger partial charge >= 0.3 is 0 Å². The molecule has 0 aliphatic carbocycles. The standard InChI is InChI=1S/C14H22N2O4/c1-15-7-6-11-4-2-3-5-12(11)13(20)16-14(8-17,9-18)10-19/h2-5,15,17-19H,6-10H2,1H3,(H,16,20). The zero-order chi connectivity index (χ0) is 15.0. The quantitative estimate of drug-likeness (QED) is 0.416. The molecule has 0 atom stereocenters. The molecule has 0 aliphatic rings. The van der Waals surface area contributed by atoms with Gasteiger partial charge in [0.1, 0.15) is 5.54 Å². The second-order valence-corrected chi connectivity index (χ2v) is 4.72. The molecule has 0 saturated heterocycles. The number of hydrogen-bond acceptors (Lipinski definition) is 5. The van der Waals surface area contributed by atoms with Crippen LogP contribution in [0.3, 0.4) is 0 Å². The van der Waals surface area contributed by atoms with E-state index in [2.05, 4.69) is 10.6 Å². The SMILES string of the molecule is CNCCc1ccccc1C(=O)NC(CO)(CO)CO. The number of nitrogens with one attached hydrogen (secondary N) is 2. The average Bonchev–Trinajstić information content (AvgIpc) is 2.51. The molecular weight excluding hydrogens is 260 g/mol. The van der Waals surface area contributed by atoms with Crippen molar-refractivity contribution in [3.05, 3.63) is 35.4 Å². The average molecular weight is 282 g/mol. The topological polar surface area (TPSA) is 102 Å². The van der Waals surface area contributed by atoms with Crippen LogP contribution in [0.15, 0.2) is 24.3 Å². The van der Waals surface area contributed by atoms with Gasteiger partial charge in [-0.05, 0) is 31.6 Å². The third kappa shape index (κ3) is 4.01. The number of carbonyl (C=O) groups is 1. The Labute approximate surface area is 118 Å². The van der Waals surface area contributed by atoms with E-state index in [0.29, 0.717) is 12.0 Å². The fourth-order valence-corrected chi connectivity index (χ4v) is 1.80. The van der Waals surface area contributed by atoms with E-state index >= 15 is 0 Å². The number of carbonyl (C=O) groups excluding carboxylic acids is 1. The number of benzene rings is 1. The van der Waals surface area contributed by atoms with E-state index in [1.807, 2.05) is 19.2 Å². The number of rotatable bonds is 8. The summed E-state index contributed by atoms with van der Waals surface area (Å²) in [5.74, 6) is -0.422. The highest BCUT2D eigenvalue weighted by Crippen LogP contribution is 2.11. The lowest BCUT2D eigenvalue weighted by Crippen LogP contribution is -2.57. The van der Waals surface area contributed by atoms with Crippen LogP contribution in [0.5, 0.6) is 0 Å². The lowest BCUT2D eigenvalue weighted by molar-refractivity contribution is 0.0375. The molecule has 6 heteroatoms. The Bertz CT molecular complexity index is 425. The summed E-state index contributed by atoms with van der Waals surface area (Å²) >= 11 is 0. The fourth-order valence-electron chi connectivity index (χ4n) is 1.80. The summed E-state index contributed by atoms with van der Waals surface area (Å²) < 4.78 is 0. The van der Waals surface area contributed by atoms with Crippen LogP contribution in [-0.4, -0.2) is 60.2 Å². The van der Waals surface area contributed by atoms with Crippen molar-refractivity contribution in [1.82, 2.24) is 10.6 Å².